The molecule has 20 heavy (non-hydrogen) atoms. The number of aromatic nitrogens is 2. The first kappa shape index (κ1) is 14.3. The molecule has 0 atom stereocenters. The number of alkyl halides is 3. The van der Waals surface area contributed by atoms with Gasteiger partial charge in [-0.1, -0.05) is 11.6 Å². The van der Waals surface area contributed by atoms with E-state index in [0.717, 1.165) is 12.4 Å². The van der Waals surface area contributed by atoms with Crippen LogP contribution in [0.5, 0.6) is 0 Å². The first-order valence-electron chi connectivity index (χ1n) is 4.95. The average molecular weight is 310 g/mol. The van der Waals surface area contributed by atoms with E-state index in [-0.39, 0.29) is 0 Å². The van der Waals surface area contributed by atoms with Crippen molar-refractivity contribution in [3.8, 4) is 5.69 Å². The maximum Gasteiger partial charge on any atom is 0.434 e. The number of non-ortho nitro benzene ring substituents is 1. The topological polar surface area (TPSA) is 61.0 Å². The Labute approximate surface area is 113 Å². The highest BCUT2D eigenvalue weighted by atomic mass is 35.5. The summed E-state index contributed by atoms with van der Waals surface area (Å²) in [6.45, 7) is 0. The second-order valence-corrected chi connectivity index (χ2v) is 4.09. The summed E-state index contributed by atoms with van der Waals surface area (Å²) < 4.78 is 51.6. The highest BCUT2D eigenvalue weighted by Gasteiger charge is 2.34. The zero-order chi connectivity index (χ0) is 15.1. The molecule has 0 unspecified atom stereocenters. The number of imidazole rings is 1. The molecule has 0 fully saturated rings. The van der Waals surface area contributed by atoms with E-state index in [2.05, 4.69) is 4.98 Å². The van der Waals surface area contributed by atoms with Gasteiger partial charge in [-0.2, -0.15) is 13.2 Å². The van der Waals surface area contributed by atoms with Crippen LogP contribution in [0.2, 0.25) is 5.02 Å². The predicted molar refractivity (Wildman–Crippen MR) is 60.2 cm³/mol. The lowest BCUT2D eigenvalue weighted by atomic mass is 10.2. The van der Waals surface area contributed by atoms with E-state index < -0.39 is 39.0 Å². The maximum atomic E-state index is 13.7. The van der Waals surface area contributed by atoms with Crippen molar-refractivity contribution in [3.05, 3.63) is 51.3 Å². The van der Waals surface area contributed by atoms with Gasteiger partial charge >= 0.3 is 6.18 Å². The van der Waals surface area contributed by atoms with E-state index in [0.29, 0.717) is 16.8 Å². The molecule has 0 radical (unpaired) electrons. The van der Waals surface area contributed by atoms with Gasteiger partial charge in [0.2, 0.25) is 0 Å². The van der Waals surface area contributed by atoms with Gasteiger partial charge in [-0.25, -0.2) is 9.37 Å². The molecule has 0 aliphatic carbocycles. The summed E-state index contributed by atoms with van der Waals surface area (Å²) in [5.41, 5.74) is -2.28. The Kier molecular flexibility index (Phi) is 3.38. The molecule has 0 aliphatic rings. The highest BCUT2D eigenvalue weighted by molar-refractivity contribution is 6.32. The summed E-state index contributed by atoms with van der Waals surface area (Å²) in [5, 5.41) is 10.1. The van der Waals surface area contributed by atoms with Crippen LogP contribution < -0.4 is 0 Å². The van der Waals surface area contributed by atoms with Crippen molar-refractivity contribution in [2.24, 2.45) is 0 Å². The molecular formula is C10H4ClF4N3O2. The second-order valence-electron chi connectivity index (χ2n) is 3.68. The van der Waals surface area contributed by atoms with Gasteiger partial charge in [0.1, 0.15) is 12.0 Å². The number of hydrogen-bond donors (Lipinski definition) is 0. The molecule has 0 N–H and O–H groups in total. The Hall–Kier alpha value is -2.16. The van der Waals surface area contributed by atoms with E-state index in [4.69, 9.17) is 11.6 Å². The Morgan fingerprint density at radius 2 is 2.00 bits per heavy atom. The third-order valence-corrected chi connectivity index (χ3v) is 2.63. The molecule has 0 amide bonds. The van der Waals surface area contributed by atoms with Crippen molar-refractivity contribution in [3.63, 3.8) is 0 Å². The molecule has 106 valence electrons. The van der Waals surface area contributed by atoms with Gasteiger partial charge in [-0.05, 0) is 0 Å². The first-order valence-corrected chi connectivity index (χ1v) is 5.33. The number of hydrogen-bond acceptors (Lipinski definition) is 3. The fraction of sp³-hybridized carbons (Fsp3) is 0.100. The summed E-state index contributed by atoms with van der Waals surface area (Å²) in [7, 11) is 0. The van der Waals surface area contributed by atoms with E-state index in [1.165, 1.54) is 0 Å². The van der Waals surface area contributed by atoms with Gasteiger partial charge in [-0.15, -0.1) is 0 Å². The molecular weight excluding hydrogens is 306 g/mol. The third kappa shape index (κ3) is 2.57. The van der Waals surface area contributed by atoms with Crippen LogP contribution in [0.4, 0.5) is 23.2 Å². The minimum Gasteiger partial charge on any atom is -0.302 e. The molecule has 10 heteroatoms. The lowest BCUT2D eigenvalue weighted by Crippen LogP contribution is -2.05. The summed E-state index contributed by atoms with van der Waals surface area (Å²) >= 11 is 5.66. The minimum atomic E-state index is -4.69. The molecule has 0 spiro atoms. The molecule has 1 heterocycles. The first-order chi connectivity index (χ1) is 9.20. The van der Waals surface area contributed by atoms with E-state index in [1.807, 2.05) is 0 Å². The monoisotopic (exact) mass is 309 g/mol. The van der Waals surface area contributed by atoms with Crippen LogP contribution in [-0.4, -0.2) is 14.5 Å². The van der Waals surface area contributed by atoms with Crippen LogP contribution in [0.15, 0.2) is 24.7 Å². The smallest absolute Gasteiger partial charge is 0.302 e. The summed E-state index contributed by atoms with van der Waals surface area (Å²) in [6.07, 6.45) is -3.43. The second kappa shape index (κ2) is 4.75. The van der Waals surface area contributed by atoms with E-state index in [1.54, 1.807) is 0 Å². The standard InChI is InChI=1S/C10H4ClF4N3O2/c11-6-1-5(18(19)20)2-7(12)9(6)17-3-8(16-4-17)10(13,14)15/h1-4H. The van der Waals surface area contributed by atoms with Gasteiger partial charge in [-0.3, -0.25) is 10.1 Å². The SMILES string of the molecule is O=[N+]([O-])c1cc(F)c(-n2cnc(C(F)(F)F)c2)c(Cl)c1. The lowest BCUT2D eigenvalue weighted by molar-refractivity contribution is -0.385. The molecule has 0 bridgehead atoms. The van der Waals surface area contributed by atoms with Gasteiger partial charge in [0.15, 0.2) is 11.5 Å². The Morgan fingerprint density at radius 1 is 1.35 bits per heavy atom. The number of rotatable bonds is 2. The zero-order valence-electron chi connectivity index (χ0n) is 9.36. The number of nitro benzene ring substituents is 1. The molecule has 1 aromatic carbocycles. The van der Waals surface area contributed by atoms with Crippen LogP contribution in [0.1, 0.15) is 5.69 Å². The number of nitrogens with zero attached hydrogens (tertiary/aromatic N) is 3. The Morgan fingerprint density at radius 3 is 2.45 bits per heavy atom. The average Bonchev–Trinajstić information content (AvgIpc) is 2.76. The molecule has 0 saturated carbocycles. The maximum absolute atomic E-state index is 13.7. The largest absolute Gasteiger partial charge is 0.434 e. The van der Waals surface area contributed by atoms with Crippen molar-refractivity contribution < 1.29 is 22.5 Å². The van der Waals surface area contributed by atoms with E-state index in [9.17, 15) is 27.7 Å². The number of halogens is 5. The third-order valence-electron chi connectivity index (χ3n) is 2.34. The Bertz CT molecular complexity index is 660. The zero-order valence-corrected chi connectivity index (χ0v) is 10.1. The van der Waals surface area contributed by atoms with Crippen LogP contribution in [0.25, 0.3) is 5.69 Å². The molecule has 5 nitrogen and oxygen atoms in total. The van der Waals surface area contributed by atoms with Gasteiger partial charge in [0.05, 0.1) is 16.0 Å². The van der Waals surface area contributed by atoms with Gasteiger partial charge in [0.25, 0.3) is 5.69 Å². The van der Waals surface area contributed by atoms with E-state index >= 15 is 0 Å². The molecule has 2 aromatic rings. The van der Waals surface area contributed by atoms with Crippen molar-refractivity contribution in [1.29, 1.82) is 0 Å². The quantitative estimate of drug-likeness (QED) is 0.484. The van der Waals surface area contributed by atoms with Crippen molar-refractivity contribution in [1.82, 2.24) is 9.55 Å². The van der Waals surface area contributed by atoms with Crippen LogP contribution in [0, 0.1) is 15.9 Å². The molecule has 1 aromatic heterocycles. The van der Waals surface area contributed by atoms with Crippen molar-refractivity contribution >= 4 is 17.3 Å². The normalized spacial score (nSPS) is 11.7. The van der Waals surface area contributed by atoms with Crippen LogP contribution in [0.3, 0.4) is 0 Å². The molecule has 0 aliphatic heterocycles. The van der Waals surface area contributed by atoms with Gasteiger partial charge in [0, 0.05) is 12.3 Å². The fourth-order valence-electron chi connectivity index (χ4n) is 1.50. The molecule has 0 saturated heterocycles. The van der Waals surface area contributed by atoms with Crippen molar-refractivity contribution in [2.75, 3.05) is 0 Å². The summed E-state index contributed by atoms with van der Waals surface area (Å²) in [6, 6.07) is 1.40. The van der Waals surface area contributed by atoms with Crippen molar-refractivity contribution in [2.45, 2.75) is 6.18 Å². The van der Waals surface area contributed by atoms with Gasteiger partial charge < -0.3 is 4.57 Å². The predicted octanol–water partition coefficient (Wildman–Crippen LogP) is 3.59. The fourth-order valence-corrected chi connectivity index (χ4v) is 1.80. The minimum absolute atomic E-state index is 0.400. The molecule has 2 rings (SSSR count). The summed E-state index contributed by atoms with van der Waals surface area (Å²) in [5.74, 6) is -1.13. The van der Waals surface area contributed by atoms with Crippen LogP contribution in [-0.2, 0) is 6.18 Å². The number of benzene rings is 1. The lowest BCUT2D eigenvalue weighted by Gasteiger charge is -2.06. The summed E-state index contributed by atoms with van der Waals surface area (Å²) in [4.78, 5) is 12.7. The number of nitro groups is 1. The van der Waals surface area contributed by atoms with Crippen LogP contribution >= 0.6 is 11.6 Å². The Balaban J connectivity index is 2.53. The highest BCUT2D eigenvalue weighted by Crippen LogP contribution is 2.32.